The normalized spacial score (nSPS) is 10.1. The van der Waals surface area contributed by atoms with Crippen molar-refractivity contribution in [3.8, 4) is 0 Å². The van der Waals surface area contributed by atoms with Crippen LogP contribution in [0.15, 0.2) is 12.7 Å². The van der Waals surface area contributed by atoms with Crippen LogP contribution in [0.5, 0.6) is 0 Å². The number of unbranched alkanes of at least 4 members (excludes halogenated alkanes) is 5. The number of ether oxygens (including phenoxy) is 1. The van der Waals surface area contributed by atoms with Gasteiger partial charge in [-0.15, -0.1) is 0 Å². The molecule has 3 heteroatoms. The Labute approximate surface area is 104 Å². The standard InChI is InChI=1S/C13H24O2S/c1-3-5-6-7-8-9-11-16-12-10-15-13(14)4-2/h4H,2-3,5-12H2,1H3. The number of hydrogen-bond acceptors (Lipinski definition) is 3. The first-order valence-corrected chi connectivity index (χ1v) is 7.33. The third-order valence-corrected chi connectivity index (χ3v) is 3.31. The number of hydrogen-bond donors (Lipinski definition) is 0. The van der Waals surface area contributed by atoms with E-state index < -0.39 is 0 Å². The van der Waals surface area contributed by atoms with E-state index in [1.165, 1.54) is 50.4 Å². The maximum absolute atomic E-state index is 10.7. The molecule has 0 aromatic carbocycles. The largest absolute Gasteiger partial charge is 0.462 e. The van der Waals surface area contributed by atoms with E-state index in [0.717, 1.165) is 5.75 Å². The molecule has 0 aliphatic heterocycles. The fourth-order valence-electron chi connectivity index (χ4n) is 1.35. The molecule has 0 aromatic heterocycles. The molecule has 0 radical (unpaired) electrons. The predicted octanol–water partition coefficient (Wildman–Crippen LogP) is 3.81. The highest BCUT2D eigenvalue weighted by atomic mass is 32.2. The molecule has 0 aliphatic carbocycles. The van der Waals surface area contributed by atoms with E-state index in [2.05, 4.69) is 13.5 Å². The van der Waals surface area contributed by atoms with Crippen LogP contribution in [0.3, 0.4) is 0 Å². The van der Waals surface area contributed by atoms with Crippen LogP contribution in [-0.4, -0.2) is 24.1 Å². The minimum absolute atomic E-state index is 0.319. The lowest BCUT2D eigenvalue weighted by Crippen LogP contribution is -2.03. The van der Waals surface area contributed by atoms with E-state index in [0.29, 0.717) is 6.61 Å². The molecule has 0 aromatic rings. The Morgan fingerprint density at radius 3 is 2.56 bits per heavy atom. The zero-order valence-corrected chi connectivity index (χ0v) is 11.2. The topological polar surface area (TPSA) is 26.3 Å². The molecule has 0 saturated heterocycles. The summed E-state index contributed by atoms with van der Waals surface area (Å²) in [5.41, 5.74) is 0. The maximum atomic E-state index is 10.7. The zero-order valence-electron chi connectivity index (χ0n) is 10.4. The van der Waals surface area contributed by atoms with E-state index in [1.807, 2.05) is 11.8 Å². The highest BCUT2D eigenvalue weighted by molar-refractivity contribution is 7.99. The van der Waals surface area contributed by atoms with Crippen molar-refractivity contribution in [3.63, 3.8) is 0 Å². The van der Waals surface area contributed by atoms with Crippen molar-refractivity contribution in [1.29, 1.82) is 0 Å². The van der Waals surface area contributed by atoms with Gasteiger partial charge in [-0.25, -0.2) is 4.79 Å². The van der Waals surface area contributed by atoms with Gasteiger partial charge < -0.3 is 4.74 Å². The van der Waals surface area contributed by atoms with Crippen molar-refractivity contribution in [2.45, 2.75) is 45.4 Å². The average molecular weight is 244 g/mol. The summed E-state index contributed by atoms with van der Waals surface area (Å²) < 4.78 is 4.87. The van der Waals surface area contributed by atoms with Gasteiger partial charge in [0.25, 0.3) is 0 Å². The number of esters is 1. The number of carbonyl (C=O) groups is 1. The predicted molar refractivity (Wildman–Crippen MR) is 71.9 cm³/mol. The van der Waals surface area contributed by atoms with Crippen LogP contribution in [0.25, 0.3) is 0 Å². The van der Waals surface area contributed by atoms with Gasteiger partial charge in [0.2, 0.25) is 0 Å². The summed E-state index contributed by atoms with van der Waals surface area (Å²) in [5, 5.41) is 0. The minimum Gasteiger partial charge on any atom is -0.462 e. The van der Waals surface area contributed by atoms with E-state index in [4.69, 9.17) is 4.74 Å². The zero-order chi connectivity index (χ0) is 12.1. The van der Waals surface area contributed by atoms with Crippen molar-refractivity contribution < 1.29 is 9.53 Å². The van der Waals surface area contributed by atoms with E-state index >= 15 is 0 Å². The van der Waals surface area contributed by atoms with E-state index in [9.17, 15) is 4.79 Å². The van der Waals surface area contributed by atoms with Crippen LogP contribution >= 0.6 is 11.8 Å². The van der Waals surface area contributed by atoms with Crippen LogP contribution in [0, 0.1) is 0 Å². The van der Waals surface area contributed by atoms with Crippen molar-refractivity contribution in [1.82, 2.24) is 0 Å². The molecule has 0 atom stereocenters. The number of thioether (sulfide) groups is 1. The first-order chi connectivity index (χ1) is 7.81. The third-order valence-electron chi connectivity index (χ3n) is 2.28. The van der Waals surface area contributed by atoms with Crippen LogP contribution in [0.4, 0.5) is 0 Å². The monoisotopic (exact) mass is 244 g/mol. The van der Waals surface area contributed by atoms with Crippen LogP contribution in [-0.2, 0) is 9.53 Å². The lowest BCUT2D eigenvalue weighted by Gasteiger charge is -2.02. The minimum atomic E-state index is -0.319. The molecule has 0 N–H and O–H groups in total. The van der Waals surface area contributed by atoms with E-state index in [-0.39, 0.29) is 5.97 Å². The molecule has 0 saturated carbocycles. The molecule has 2 nitrogen and oxygen atoms in total. The van der Waals surface area contributed by atoms with Crippen molar-refractivity contribution in [2.24, 2.45) is 0 Å². The van der Waals surface area contributed by atoms with Crippen molar-refractivity contribution in [2.75, 3.05) is 18.1 Å². The van der Waals surface area contributed by atoms with Gasteiger partial charge in [-0.3, -0.25) is 0 Å². The summed E-state index contributed by atoms with van der Waals surface area (Å²) in [6, 6.07) is 0. The fourth-order valence-corrected chi connectivity index (χ4v) is 2.16. The maximum Gasteiger partial charge on any atom is 0.330 e. The van der Waals surface area contributed by atoms with Gasteiger partial charge in [-0.2, -0.15) is 11.8 Å². The van der Waals surface area contributed by atoms with Crippen LogP contribution in [0.2, 0.25) is 0 Å². The molecule has 0 fully saturated rings. The molecule has 0 bridgehead atoms. The molecule has 0 rings (SSSR count). The second-order valence-corrected chi connectivity index (χ2v) is 4.98. The molecule has 0 amide bonds. The Kier molecular flexibility index (Phi) is 12.3. The molecule has 16 heavy (non-hydrogen) atoms. The summed E-state index contributed by atoms with van der Waals surface area (Å²) in [6.07, 6.45) is 9.23. The summed E-state index contributed by atoms with van der Waals surface area (Å²) in [7, 11) is 0. The van der Waals surface area contributed by atoms with Gasteiger partial charge >= 0.3 is 5.97 Å². The van der Waals surface area contributed by atoms with Gasteiger partial charge in [0, 0.05) is 11.8 Å². The van der Waals surface area contributed by atoms with Crippen molar-refractivity contribution in [3.05, 3.63) is 12.7 Å². The van der Waals surface area contributed by atoms with Gasteiger partial charge in [0.15, 0.2) is 0 Å². The van der Waals surface area contributed by atoms with Gasteiger partial charge in [-0.1, -0.05) is 45.6 Å². The van der Waals surface area contributed by atoms with Crippen LogP contribution in [0.1, 0.15) is 45.4 Å². The Morgan fingerprint density at radius 2 is 1.88 bits per heavy atom. The second kappa shape index (κ2) is 12.6. The Morgan fingerprint density at radius 1 is 1.19 bits per heavy atom. The molecule has 0 unspecified atom stereocenters. The summed E-state index contributed by atoms with van der Waals surface area (Å²) >= 11 is 1.86. The SMILES string of the molecule is C=CC(=O)OCCSCCCCCCCC. The van der Waals surface area contributed by atoms with Crippen LogP contribution < -0.4 is 0 Å². The molecular formula is C13H24O2S. The first-order valence-electron chi connectivity index (χ1n) is 6.18. The Bertz CT molecular complexity index is 181. The lowest BCUT2D eigenvalue weighted by molar-refractivity contribution is -0.137. The highest BCUT2D eigenvalue weighted by Crippen LogP contribution is 2.09. The van der Waals surface area contributed by atoms with Gasteiger partial charge in [0.05, 0.1) is 0 Å². The van der Waals surface area contributed by atoms with E-state index in [1.54, 1.807) is 0 Å². The highest BCUT2D eigenvalue weighted by Gasteiger charge is 1.95. The molecule has 94 valence electrons. The lowest BCUT2D eigenvalue weighted by atomic mass is 10.1. The second-order valence-electron chi connectivity index (χ2n) is 3.75. The molecule has 0 spiro atoms. The Balaban J connectivity index is 2.98. The first kappa shape index (κ1) is 15.6. The molecule has 0 aliphatic rings. The Hall–Kier alpha value is -0.440. The molecular weight excluding hydrogens is 220 g/mol. The fraction of sp³-hybridized carbons (Fsp3) is 0.769. The summed E-state index contributed by atoms with van der Waals surface area (Å²) in [6.45, 7) is 6.08. The average Bonchev–Trinajstić information content (AvgIpc) is 2.31. The van der Waals surface area contributed by atoms with Crippen molar-refractivity contribution >= 4 is 17.7 Å². The molecule has 0 heterocycles. The quantitative estimate of drug-likeness (QED) is 0.314. The number of carbonyl (C=O) groups excluding carboxylic acids is 1. The summed E-state index contributed by atoms with van der Waals surface area (Å²) in [5.74, 6) is 1.76. The number of rotatable bonds is 11. The smallest absolute Gasteiger partial charge is 0.330 e. The van der Waals surface area contributed by atoms with Gasteiger partial charge in [0.1, 0.15) is 6.61 Å². The third kappa shape index (κ3) is 11.6. The van der Waals surface area contributed by atoms with Gasteiger partial charge in [-0.05, 0) is 12.2 Å². The summed E-state index contributed by atoms with van der Waals surface area (Å²) in [4.78, 5) is 10.7.